The molecule has 2 heterocycles. The lowest BCUT2D eigenvalue weighted by Crippen LogP contribution is -1.96. The second kappa shape index (κ2) is 7.82. The number of hydrogen-bond acceptors (Lipinski definition) is 5. The SMILES string of the molecule is CCn1c(O)c(N=NC(=O)CSc2cccc3cccnc23)c2ccccc21. The van der Waals surface area contributed by atoms with Crippen LogP contribution in [-0.2, 0) is 11.3 Å². The zero-order valence-electron chi connectivity index (χ0n) is 15.2. The average molecular weight is 390 g/mol. The Kier molecular flexibility index (Phi) is 5.08. The van der Waals surface area contributed by atoms with Crippen molar-refractivity contribution in [2.45, 2.75) is 18.4 Å². The highest BCUT2D eigenvalue weighted by Gasteiger charge is 2.15. The molecule has 0 saturated heterocycles. The number of aromatic nitrogens is 2. The normalized spacial score (nSPS) is 11.6. The Bertz CT molecular complexity index is 1190. The standard InChI is InChI=1S/C21H18N4O2S/c1-2-25-16-10-4-3-9-15(16)20(21(25)27)24-23-18(26)13-28-17-11-5-7-14-8-6-12-22-19(14)17/h3-12,27H,2,13H2,1H3. The van der Waals surface area contributed by atoms with Gasteiger partial charge < -0.3 is 9.67 Å². The summed E-state index contributed by atoms with van der Waals surface area (Å²) in [5.74, 6) is -0.205. The third-order valence-electron chi connectivity index (χ3n) is 4.44. The van der Waals surface area contributed by atoms with Gasteiger partial charge in [0.15, 0.2) is 5.69 Å². The summed E-state index contributed by atoms with van der Waals surface area (Å²) in [4.78, 5) is 17.6. The maximum Gasteiger partial charge on any atom is 0.274 e. The van der Waals surface area contributed by atoms with Crippen molar-refractivity contribution < 1.29 is 9.90 Å². The number of nitrogens with zero attached hydrogens (tertiary/aromatic N) is 4. The van der Waals surface area contributed by atoms with Gasteiger partial charge in [0, 0.05) is 28.4 Å². The van der Waals surface area contributed by atoms with Gasteiger partial charge in [-0.2, -0.15) is 0 Å². The Balaban J connectivity index is 1.54. The molecule has 0 bridgehead atoms. The highest BCUT2D eigenvalue weighted by Crippen LogP contribution is 2.38. The van der Waals surface area contributed by atoms with E-state index < -0.39 is 0 Å². The first-order chi connectivity index (χ1) is 13.7. The van der Waals surface area contributed by atoms with Gasteiger partial charge in [0.1, 0.15) is 0 Å². The predicted octanol–water partition coefficient (Wildman–Crippen LogP) is 5.32. The van der Waals surface area contributed by atoms with Gasteiger partial charge in [-0.15, -0.1) is 22.0 Å². The summed E-state index contributed by atoms with van der Waals surface area (Å²) in [5, 5.41) is 20.1. The van der Waals surface area contributed by atoms with Crippen molar-refractivity contribution in [2.75, 3.05) is 5.75 Å². The van der Waals surface area contributed by atoms with E-state index in [0.29, 0.717) is 12.2 Å². The molecular weight excluding hydrogens is 372 g/mol. The predicted molar refractivity (Wildman–Crippen MR) is 111 cm³/mol. The summed E-state index contributed by atoms with van der Waals surface area (Å²) >= 11 is 1.38. The Hall–Kier alpha value is -3.19. The number of hydrogen-bond donors (Lipinski definition) is 1. The Morgan fingerprint density at radius 3 is 2.82 bits per heavy atom. The largest absolute Gasteiger partial charge is 0.493 e. The highest BCUT2D eigenvalue weighted by atomic mass is 32.2. The van der Waals surface area contributed by atoms with Crippen molar-refractivity contribution in [1.82, 2.24) is 9.55 Å². The van der Waals surface area contributed by atoms with Crippen LogP contribution in [0.1, 0.15) is 6.92 Å². The second-order valence-electron chi connectivity index (χ2n) is 6.15. The summed E-state index contributed by atoms with van der Waals surface area (Å²) in [5.41, 5.74) is 2.05. The van der Waals surface area contributed by atoms with Crippen LogP contribution in [0.2, 0.25) is 0 Å². The molecule has 0 unspecified atom stereocenters. The first-order valence-electron chi connectivity index (χ1n) is 8.90. The van der Waals surface area contributed by atoms with Crippen LogP contribution in [0.3, 0.4) is 0 Å². The molecule has 0 aliphatic heterocycles. The molecule has 0 fully saturated rings. The molecule has 0 spiro atoms. The Labute approximate surface area is 165 Å². The minimum absolute atomic E-state index is 0.0196. The summed E-state index contributed by atoms with van der Waals surface area (Å²) in [7, 11) is 0. The Morgan fingerprint density at radius 1 is 1.14 bits per heavy atom. The second-order valence-corrected chi connectivity index (χ2v) is 7.16. The lowest BCUT2D eigenvalue weighted by atomic mass is 10.2. The highest BCUT2D eigenvalue weighted by molar-refractivity contribution is 8.00. The zero-order valence-corrected chi connectivity index (χ0v) is 16.1. The number of pyridine rings is 1. The van der Waals surface area contributed by atoms with Crippen molar-refractivity contribution in [3.63, 3.8) is 0 Å². The Morgan fingerprint density at radius 2 is 1.96 bits per heavy atom. The fourth-order valence-electron chi connectivity index (χ4n) is 3.16. The molecule has 4 aromatic rings. The van der Waals surface area contributed by atoms with E-state index in [2.05, 4.69) is 15.2 Å². The van der Waals surface area contributed by atoms with E-state index >= 15 is 0 Å². The van der Waals surface area contributed by atoms with Gasteiger partial charge in [-0.3, -0.25) is 9.78 Å². The van der Waals surface area contributed by atoms with E-state index in [1.807, 2.05) is 61.5 Å². The van der Waals surface area contributed by atoms with Gasteiger partial charge in [-0.05, 0) is 25.1 Å². The van der Waals surface area contributed by atoms with Crippen molar-refractivity contribution in [3.8, 4) is 5.88 Å². The van der Waals surface area contributed by atoms with Gasteiger partial charge in [0.25, 0.3) is 5.91 Å². The summed E-state index contributed by atoms with van der Waals surface area (Å²) in [6.45, 7) is 2.53. The molecule has 6 nitrogen and oxygen atoms in total. The van der Waals surface area contributed by atoms with Crippen LogP contribution in [0.5, 0.6) is 5.88 Å². The van der Waals surface area contributed by atoms with E-state index in [9.17, 15) is 9.90 Å². The third kappa shape index (κ3) is 3.36. The number of rotatable bonds is 5. The average Bonchev–Trinajstić information content (AvgIpc) is 3.01. The number of fused-ring (bicyclic) bond motifs is 2. The van der Waals surface area contributed by atoms with Crippen LogP contribution in [0.25, 0.3) is 21.8 Å². The van der Waals surface area contributed by atoms with Crippen molar-refractivity contribution in [3.05, 3.63) is 60.8 Å². The van der Waals surface area contributed by atoms with E-state index in [-0.39, 0.29) is 17.5 Å². The topological polar surface area (TPSA) is 79.8 Å². The molecular formula is C21H18N4O2S. The summed E-state index contributed by atoms with van der Waals surface area (Å²) in [6, 6.07) is 17.3. The smallest absolute Gasteiger partial charge is 0.274 e. The van der Waals surface area contributed by atoms with Gasteiger partial charge in [0.05, 0.1) is 16.8 Å². The fraction of sp³-hybridized carbons (Fsp3) is 0.143. The molecule has 140 valence electrons. The van der Waals surface area contributed by atoms with Crippen LogP contribution in [0.4, 0.5) is 5.69 Å². The minimum atomic E-state index is -0.370. The monoisotopic (exact) mass is 390 g/mol. The number of thioether (sulfide) groups is 1. The maximum absolute atomic E-state index is 12.3. The van der Waals surface area contributed by atoms with E-state index in [0.717, 1.165) is 26.7 Å². The third-order valence-corrected chi connectivity index (χ3v) is 5.47. The van der Waals surface area contributed by atoms with Crippen LogP contribution < -0.4 is 0 Å². The molecule has 0 atom stereocenters. The van der Waals surface area contributed by atoms with Crippen molar-refractivity contribution >= 4 is 45.2 Å². The lowest BCUT2D eigenvalue weighted by Gasteiger charge is -2.03. The number of para-hydroxylation sites is 2. The molecule has 28 heavy (non-hydrogen) atoms. The number of amides is 1. The molecule has 0 aliphatic rings. The molecule has 7 heteroatoms. The lowest BCUT2D eigenvalue weighted by molar-refractivity contribution is -0.115. The fourth-order valence-corrected chi connectivity index (χ4v) is 3.98. The van der Waals surface area contributed by atoms with Gasteiger partial charge in [-0.25, -0.2) is 0 Å². The molecule has 2 aromatic carbocycles. The van der Waals surface area contributed by atoms with Gasteiger partial charge in [-0.1, -0.05) is 36.4 Å². The number of azo groups is 1. The number of aryl methyl sites for hydroxylation is 1. The zero-order chi connectivity index (χ0) is 19.5. The van der Waals surface area contributed by atoms with E-state index in [1.165, 1.54) is 11.8 Å². The van der Waals surface area contributed by atoms with Gasteiger partial charge >= 0.3 is 0 Å². The van der Waals surface area contributed by atoms with Crippen molar-refractivity contribution in [2.24, 2.45) is 10.2 Å². The van der Waals surface area contributed by atoms with E-state index in [1.54, 1.807) is 10.8 Å². The van der Waals surface area contributed by atoms with E-state index in [4.69, 9.17) is 0 Å². The summed E-state index contributed by atoms with van der Waals surface area (Å²) < 4.78 is 1.74. The van der Waals surface area contributed by atoms with Crippen LogP contribution >= 0.6 is 11.8 Å². The minimum Gasteiger partial charge on any atom is -0.493 e. The van der Waals surface area contributed by atoms with Crippen molar-refractivity contribution in [1.29, 1.82) is 0 Å². The molecule has 0 radical (unpaired) electrons. The molecule has 0 aliphatic carbocycles. The molecule has 4 rings (SSSR count). The number of benzene rings is 2. The quantitative estimate of drug-likeness (QED) is 0.369. The van der Waals surface area contributed by atoms with Gasteiger partial charge in [0.2, 0.25) is 5.88 Å². The molecule has 1 N–H and O–H groups in total. The van der Waals surface area contributed by atoms with Crippen LogP contribution in [-0.4, -0.2) is 26.3 Å². The van der Waals surface area contributed by atoms with Crippen LogP contribution in [0.15, 0.2) is 75.9 Å². The molecule has 0 saturated carbocycles. The molecule has 2 aromatic heterocycles. The molecule has 1 amide bonds. The maximum atomic E-state index is 12.3. The first kappa shape index (κ1) is 18.2. The summed E-state index contributed by atoms with van der Waals surface area (Å²) in [6.07, 6.45) is 1.74. The number of carbonyl (C=O) groups is 1. The number of aromatic hydroxyl groups is 1. The first-order valence-corrected chi connectivity index (χ1v) is 9.89. The van der Waals surface area contributed by atoms with Crippen LogP contribution in [0, 0.1) is 0 Å². The number of carbonyl (C=O) groups excluding carboxylic acids is 1.